The number of hydrogen-bond donors (Lipinski definition) is 0. The first-order valence-corrected chi connectivity index (χ1v) is 5.99. The summed E-state index contributed by atoms with van der Waals surface area (Å²) in [6, 6.07) is 3.44. The summed E-state index contributed by atoms with van der Waals surface area (Å²) >= 11 is 0. The van der Waals surface area contributed by atoms with E-state index in [9.17, 15) is 8.42 Å². The highest BCUT2D eigenvalue weighted by molar-refractivity contribution is 7.89. The number of rotatable bonds is 2. The van der Waals surface area contributed by atoms with Gasteiger partial charge in [0.25, 0.3) is 0 Å². The van der Waals surface area contributed by atoms with Gasteiger partial charge in [0.1, 0.15) is 11.3 Å². The zero-order valence-corrected chi connectivity index (χ0v) is 8.28. The third-order valence-electron chi connectivity index (χ3n) is 1.60. The molecule has 0 aliphatic carbocycles. The van der Waals surface area contributed by atoms with E-state index in [0.29, 0.717) is 11.2 Å². The molecule has 0 aliphatic rings. The Hall–Kier alpha value is -1.43. The molecule has 14 heavy (non-hydrogen) atoms. The van der Waals surface area contributed by atoms with E-state index in [-0.39, 0.29) is 11.6 Å². The van der Waals surface area contributed by atoms with Crippen LogP contribution in [0.3, 0.4) is 0 Å². The summed E-state index contributed by atoms with van der Waals surface area (Å²) in [7, 11) is -3.11. The lowest BCUT2D eigenvalue weighted by Crippen LogP contribution is -2.00. The quantitative estimate of drug-likeness (QED) is 0.735. The van der Waals surface area contributed by atoms with Crippen LogP contribution in [0, 0.1) is 0 Å². The summed E-state index contributed by atoms with van der Waals surface area (Å²) in [6.45, 7) is 0. The molecule has 0 spiro atoms. The molecule has 0 aliphatic heterocycles. The molecule has 0 saturated heterocycles. The second kappa shape index (κ2) is 3.06. The third-order valence-corrected chi connectivity index (χ3v) is 2.37. The van der Waals surface area contributed by atoms with Crippen LogP contribution in [0.5, 0.6) is 0 Å². The van der Waals surface area contributed by atoms with Crippen LogP contribution in [0.1, 0.15) is 5.89 Å². The average Bonchev–Trinajstić information content (AvgIpc) is 2.42. The molecule has 0 fully saturated rings. The Morgan fingerprint density at radius 1 is 1.50 bits per heavy atom. The van der Waals surface area contributed by atoms with Crippen molar-refractivity contribution in [2.24, 2.45) is 0 Å². The molecule has 0 unspecified atom stereocenters. The van der Waals surface area contributed by atoms with Crippen LogP contribution < -0.4 is 0 Å². The zero-order valence-electron chi connectivity index (χ0n) is 7.47. The van der Waals surface area contributed by atoms with Crippen molar-refractivity contribution in [1.29, 1.82) is 0 Å². The van der Waals surface area contributed by atoms with E-state index in [1.165, 1.54) is 0 Å². The van der Waals surface area contributed by atoms with Crippen LogP contribution in [0.25, 0.3) is 11.2 Å². The zero-order chi connectivity index (χ0) is 10.2. The largest absolute Gasteiger partial charge is 0.421 e. The van der Waals surface area contributed by atoms with E-state index in [4.69, 9.17) is 4.42 Å². The molecule has 0 aromatic carbocycles. The lowest BCUT2D eigenvalue weighted by atomic mass is 10.4. The van der Waals surface area contributed by atoms with Crippen molar-refractivity contribution < 1.29 is 12.8 Å². The Kier molecular flexibility index (Phi) is 1.99. The Labute approximate surface area is 80.7 Å². The van der Waals surface area contributed by atoms with E-state index < -0.39 is 9.84 Å². The van der Waals surface area contributed by atoms with Gasteiger partial charge in [-0.05, 0) is 12.1 Å². The molecular formula is C8H8N2O3S. The Bertz CT molecular complexity index is 526. The second-order valence-electron chi connectivity index (χ2n) is 3.01. The van der Waals surface area contributed by atoms with Gasteiger partial charge in [0.15, 0.2) is 9.84 Å². The van der Waals surface area contributed by atoms with Gasteiger partial charge in [-0.3, -0.25) is 0 Å². The number of hydrogen-bond acceptors (Lipinski definition) is 5. The first kappa shape index (κ1) is 9.14. The maximum absolute atomic E-state index is 11.0. The van der Waals surface area contributed by atoms with Crippen molar-refractivity contribution in [2.75, 3.05) is 6.26 Å². The lowest BCUT2D eigenvalue weighted by Gasteiger charge is -1.89. The number of fused-ring (bicyclic) bond motifs is 1. The molecule has 2 aromatic heterocycles. The van der Waals surface area contributed by atoms with Crippen LogP contribution in [0.4, 0.5) is 0 Å². The smallest absolute Gasteiger partial charge is 0.246 e. The monoisotopic (exact) mass is 212 g/mol. The predicted molar refractivity (Wildman–Crippen MR) is 50.4 cm³/mol. The highest BCUT2D eigenvalue weighted by Gasteiger charge is 2.11. The van der Waals surface area contributed by atoms with E-state index in [2.05, 4.69) is 9.97 Å². The second-order valence-corrected chi connectivity index (χ2v) is 5.15. The summed E-state index contributed by atoms with van der Waals surface area (Å²) < 4.78 is 27.1. The van der Waals surface area contributed by atoms with Gasteiger partial charge in [0, 0.05) is 12.5 Å². The summed E-state index contributed by atoms with van der Waals surface area (Å²) in [5.74, 6) is -0.00944. The van der Waals surface area contributed by atoms with Gasteiger partial charge in [-0.1, -0.05) is 0 Å². The van der Waals surface area contributed by atoms with Gasteiger partial charge >= 0.3 is 0 Å². The lowest BCUT2D eigenvalue weighted by molar-refractivity contribution is 0.534. The summed E-state index contributed by atoms with van der Waals surface area (Å²) in [6.07, 6.45) is 2.70. The molecule has 74 valence electrons. The maximum Gasteiger partial charge on any atom is 0.246 e. The molecule has 2 heterocycles. The number of sulfone groups is 1. The number of aromatic nitrogens is 2. The Morgan fingerprint density at radius 3 is 2.93 bits per heavy atom. The van der Waals surface area contributed by atoms with Crippen molar-refractivity contribution in [2.45, 2.75) is 5.75 Å². The normalized spacial score (nSPS) is 12.1. The van der Waals surface area contributed by atoms with Gasteiger partial charge in [0.2, 0.25) is 11.6 Å². The van der Waals surface area contributed by atoms with E-state index >= 15 is 0 Å². The molecule has 0 radical (unpaired) electrons. The van der Waals surface area contributed by atoms with Crippen molar-refractivity contribution in [3.05, 3.63) is 24.2 Å². The molecule has 6 heteroatoms. The summed E-state index contributed by atoms with van der Waals surface area (Å²) in [5, 5.41) is 0. The minimum Gasteiger partial charge on any atom is -0.421 e. The van der Waals surface area contributed by atoms with E-state index in [0.717, 1.165) is 6.26 Å². The fraction of sp³-hybridized carbons (Fsp3) is 0.250. The molecule has 2 rings (SSSR count). The molecule has 0 amide bonds. The van der Waals surface area contributed by atoms with Gasteiger partial charge in [-0.2, -0.15) is 0 Å². The summed E-state index contributed by atoms with van der Waals surface area (Å²) in [4.78, 5) is 7.90. The minimum atomic E-state index is -3.11. The highest BCUT2D eigenvalue weighted by Crippen LogP contribution is 2.13. The number of nitrogens with zero attached hydrogens (tertiary/aromatic N) is 2. The number of pyridine rings is 1. The predicted octanol–water partition coefficient (Wildman–Crippen LogP) is 0.767. The van der Waals surface area contributed by atoms with Gasteiger partial charge < -0.3 is 4.42 Å². The number of oxazole rings is 1. The molecule has 5 nitrogen and oxygen atoms in total. The van der Waals surface area contributed by atoms with Crippen LogP contribution in [-0.2, 0) is 15.6 Å². The van der Waals surface area contributed by atoms with E-state index in [1.807, 2.05) is 0 Å². The van der Waals surface area contributed by atoms with E-state index in [1.54, 1.807) is 18.3 Å². The highest BCUT2D eigenvalue weighted by atomic mass is 32.2. The van der Waals surface area contributed by atoms with Crippen molar-refractivity contribution in [3.63, 3.8) is 0 Å². The van der Waals surface area contributed by atoms with Crippen molar-refractivity contribution in [3.8, 4) is 0 Å². The Morgan fingerprint density at radius 2 is 2.29 bits per heavy atom. The molecule has 0 saturated carbocycles. The fourth-order valence-corrected chi connectivity index (χ4v) is 1.67. The minimum absolute atomic E-state index is 0.182. The maximum atomic E-state index is 11.0. The first-order valence-electron chi connectivity index (χ1n) is 3.93. The van der Waals surface area contributed by atoms with Crippen LogP contribution >= 0.6 is 0 Å². The van der Waals surface area contributed by atoms with Crippen molar-refractivity contribution >= 4 is 21.1 Å². The topological polar surface area (TPSA) is 73.1 Å². The van der Waals surface area contributed by atoms with Crippen LogP contribution in [0.2, 0.25) is 0 Å². The molecule has 0 atom stereocenters. The third kappa shape index (κ3) is 1.90. The fourth-order valence-electron chi connectivity index (χ4n) is 1.10. The molecular weight excluding hydrogens is 204 g/mol. The Balaban J connectivity index is 2.46. The van der Waals surface area contributed by atoms with Crippen molar-refractivity contribution in [1.82, 2.24) is 9.97 Å². The SMILES string of the molecule is CS(=O)(=O)Cc1nc2cccnc2o1. The van der Waals surface area contributed by atoms with Crippen LogP contribution in [-0.4, -0.2) is 24.6 Å². The molecule has 0 N–H and O–H groups in total. The van der Waals surface area contributed by atoms with Gasteiger partial charge in [0.05, 0.1) is 0 Å². The van der Waals surface area contributed by atoms with Gasteiger partial charge in [-0.25, -0.2) is 18.4 Å². The molecule has 2 aromatic rings. The summed E-state index contributed by atoms with van der Waals surface area (Å²) in [5.41, 5.74) is 0.942. The standard InChI is InChI=1S/C8H8N2O3S/c1-14(11,12)5-7-10-6-3-2-4-9-8(6)13-7/h2-4H,5H2,1H3. The first-order chi connectivity index (χ1) is 6.54. The van der Waals surface area contributed by atoms with Crippen LogP contribution in [0.15, 0.2) is 22.7 Å². The average molecular weight is 212 g/mol. The molecule has 0 bridgehead atoms. The van der Waals surface area contributed by atoms with Gasteiger partial charge in [-0.15, -0.1) is 0 Å².